The molecule has 2 aromatic heterocycles. The normalized spacial score (nSPS) is 11.6. The lowest BCUT2D eigenvalue weighted by atomic mass is 10.1. The van der Waals surface area contributed by atoms with Gasteiger partial charge in [-0.3, -0.25) is 0 Å². The zero-order valence-corrected chi connectivity index (χ0v) is 19.1. The molecule has 0 saturated carbocycles. The van der Waals surface area contributed by atoms with Crippen LogP contribution in [0, 0.1) is 9.39 Å². The molecule has 6 nitrogen and oxygen atoms in total. The van der Waals surface area contributed by atoms with Crippen molar-refractivity contribution in [1.82, 2.24) is 9.55 Å². The van der Waals surface area contributed by atoms with Crippen molar-refractivity contribution >= 4 is 51.1 Å². The first-order chi connectivity index (χ1) is 13.6. The molecule has 0 unspecified atom stereocenters. The zero-order chi connectivity index (χ0) is 21.3. The summed E-state index contributed by atoms with van der Waals surface area (Å²) in [6.45, 7) is 7.74. The summed E-state index contributed by atoms with van der Waals surface area (Å²) in [7, 11) is 1.76. The van der Waals surface area contributed by atoms with Gasteiger partial charge in [0.2, 0.25) is 0 Å². The summed E-state index contributed by atoms with van der Waals surface area (Å²) in [6, 6.07) is 6.59. The van der Waals surface area contributed by atoms with Gasteiger partial charge in [-0.1, -0.05) is 0 Å². The third kappa shape index (κ3) is 4.63. The number of ether oxygens (including phenoxy) is 2. The molecule has 154 valence electrons. The molecule has 0 aliphatic rings. The molecule has 0 radical (unpaired) electrons. The van der Waals surface area contributed by atoms with Crippen LogP contribution in [0.2, 0.25) is 0 Å². The number of pyridine rings is 1. The van der Waals surface area contributed by atoms with Crippen LogP contribution in [-0.4, -0.2) is 27.7 Å². The fourth-order valence-electron chi connectivity index (χ4n) is 2.94. The van der Waals surface area contributed by atoms with Crippen LogP contribution in [0.1, 0.15) is 38.1 Å². The smallest absolute Gasteiger partial charge is 0.343 e. The molecule has 0 amide bonds. The highest BCUT2D eigenvalue weighted by molar-refractivity contribution is 14.1. The highest BCUT2D eigenvalue weighted by atomic mass is 127. The molecule has 0 aliphatic carbocycles. The van der Waals surface area contributed by atoms with E-state index in [0.29, 0.717) is 29.2 Å². The molecule has 1 aromatic carbocycles. The van der Waals surface area contributed by atoms with Gasteiger partial charge in [0.05, 0.1) is 18.5 Å². The molecule has 0 atom stereocenters. The molecule has 1 N–H and O–H groups in total. The van der Waals surface area contributed by atoms with Crippen LogP contribution in [0.25, 0.3) is 11.0 Å². The maximum Gasteiger partial charge on any atom is 0.343 e. The molecule has 0 bridgehead atoms. The second kappa shape index (κ2) is 8.17. The van der Waals surface area contributed by atoms with Crippen molar-refractivity contribution < 1.29 is 18.7 Å². The number of rotatable bonds is 5. The quantitative estimate of drug-likeness (QED) is 0.367. The molecule has 0 fully saturated rings. The lowest BCUT2D eigenvalue weighted by Crippen LogP contribution is -2.24. The lowest BCUT2D eigenvalue weighted by Gasteiger charge is -2.20. The van der Waals surface area contributed by atoms with Gasteiger partial charge in [0.1, 0.15) is 34.2 Å². The third-order valence-corrected chi connectivity index (χ3v) is 4.77. The highest BCUT2D eigenvalue weighted by Gasteiger charge is 2.28. The fraction of sp³-hybridized carbons (Fsp3) is 0.333. The van der Waals surface area contributed by atoms with Crippen molar-refractivity contribution in [1.29, 1.82) is 0 Å². The number of aryl methyl sites for hydroxylation is 1. The number of benzene rings is 1. The number of anilines is 2. The van der Waals surface area contributed by atoms with Crippen LogP contribution in [-0.2, 0) is 11.8 Å². The minimum atomic E-state index is -0.685. The number of aromatic nitrogens is 2. The van der Waals surface area contributed by atoms with E-state index >= 15 is 0 Å². The zero-order valence-electron chi connectivity index (χ0n) is 17.0. The number of nitrogens with zero attached hydrogens (tertiary/aromatic N) is 2. The molecule has 29 heavy (non-hydrogen) atoms. The summed E-state index contributed by atoms with van der Waals surface area (Å²) in [5, 5.41) is 3.62. The molecule has 0 saturated heterocycles. The van der Waals surface area contributed by atoms with Gasteiger partial charge in [-0.25, -0.2) is 14.2 Å². The highest BCUT2D eigenvalue weighted by Crippen LogP contribution is 2.34. The predicted molar refractivity (Wildman–Crippen MR) is 119 cm³/mol. The third-order valence-electron chi connectivity index (χ3n) is 4.10. The van der Waals surface area contributed by atoms with Gasteiger partial charge in [-0.15, -0.1) is 0 Å². The van der Waals surface area contributed by atoms with Crippen LogP contribution in [0.5, 0.6) is 5.75 Å². The first-order valence-electron chi connectivity index (χ1n) is 9.17. The van der Waals surface area contributed by atoms with Crippen molar-refractivity contribution in [3.05, 3.63) is 45.4 Å². The van der Waals surface area contributed by atoms with Crippen molar-refractivity contribution in [3.63, 3.8) is 0 Å². The number of esters is 1. The molecule has 0 aliphatic heterocycles. The van der Waals surface area contributed by atoms with E-state index in [0.717, 1.165) is 3.57 Å². The van der Waals surface area contributed by atoms with Crippen LogP contribution < -0.4 is 10.1 Å². The first-order valence-corrected chi connectivity index (χ1v) is 10.2. The molecule has 2 heterocycles. The molecular weight excluding hydrogens is 488 g/mol. The second-order valence-corrected chi connectivity index (χ2v) is 8.75. The van der Waals surface area contributed by atoms with Crippen LogP contribution in [0.4, 0.5) is 15.9 Å². The van der Waals surface area contributed by atoms with Crippen molar-refractivity contribution in [2.75, 3.05) is 11.9 Å². The number of fused-ring (bicyclic) bond motifs is 1. The van der Waals surface area contributed by atoms with Crippen LogP contribution in [0.3, 0.4) is 0 Å². The Balaban J connectivity index is 2.19. The van der Waals surface area contributed by atoms with Gasteiger partial charge in [0.15, 0.2) is 0 Å². The molecular formula is C21H23FIN3O3. The molecule has 3 rings (SSSR count). The Labute approximate surface area is 182 Å². The van der Waals surface area contributed by atoms with Gasteiger partial charge in [-0.05, 0) is 74.6 Å². The maximum absolute atomic E-state index is 14.5. The first kappa shape index (κ1) is 21.4. The largest absolute Gasteiger partial charge is 0.492 e. The Bertz CT molecular complexity index is 1070. The van der Waals surface area contributed by atoms with E-state index in [1.807, 2.05) is 29.5 Å². The predicted octanol–water partition coefficient (Wildman–Crippen LogP) is 5.41. The van der Waals surface area contributed by atoms with Crippen molar-refractivity contribution in [3.8, 4) is 5.75 Å². The summed E-state index contributed by atoms with van der Waals surface area (Å²) in [6.07, 6.45) is 1.60. The van der Waals surface area contributed by atoms with Crippen LogP contribution in [0.15, 0.2) is 30.5 Å². The summed E-state index contributed by atoms with van der Waals surface area (Å²) >= 11 is 2.04. The average molecular weight is 511 g/mol. The van der Waals surface area contributed by atoms with E-state index in [1.54, 1.807) is 56.8 Å². The minimum Gasteiger partial charge on any atom is -0.492 e. The van der Waals surface area contributed by atoms with Crippen molar-refractivity contribution in [2.24, 2.45) is 7.05 Å². The number of hydrogen-bond acceptors (Lipinski definition) is 5. The van der Waals surface area contributed by atoms with Gasteiger partial charge in [0.25, 0.3) is 0 Å². The van der Waals surface area contributed by atoms with E-state index < -0.39 is 17.4 Å². The van der Waals surface area contributed by atoms with Gasteiger partial charge < -0.3 is 19.4 Å². The summed E-state index contributed by atoms with van der Waals surface area (Å²) < 4.78 is 28.1. The van der Waals surface area contributed by atoms with Gasteiger partial charge in [0, 0.05) is 16.0 Å². The minimum absolute atomic E-state index is 0.256. The molecule has 3 aromatic rings. The SMILES string of the molecule is CCOc1cnc2c(c1)c(C(=O)OC(C)(C)C)c(Nc1ccc(I)cc1F)n2C. The Hall–Kier alpha value is -2.36. The lowest BCUT2D eigenvalue weighted by molar-refractivity contribution is 0.00729. The maximum atomic E-state index is 14.5. The number of carbonyl (C=O) groups is 1. The number of halogens is 2. The second-order valence-electron chi connectivity index (χ2n) is 7.51. The van der Waals surface area contributed by atoms with Crippen LogP contribution >= 0.6 is 22.6 Å². The monoisotopic (exact) mass is 511 g/mol. The van der Waals surface area contributed by atoms with E-state index in [2.05, 4.69) is 10.3 Å². The standard InChI is InChI=1S/C21H23FIN3O3/c1-6-28-13-10-14-17(20(27)29-21(2,3)4)19(26(5)18(14)24-11-13)25-16-8-7-12(23)9-15(16)22/h7-11,25H,6H2,1-5H3. The summed E-state index contributed by atoms with van der Waals surface area (Å²) in [5.74, 6) is 0.00476. The number of carbonyl (C=O) groups excluding carboxylic acids is 1. The number of hydrogen-bond donors (Lipinski definition) is 1. The van der Waals surface area contributed by atoms with E-state index in [4.69, 9.17) is 9.47 Å². The summed E-state index contributed by atoms with van der Waals surface area (Å²) in [5.41, 5.74) is 0.411. The summed E-state index contributed by atoms with van der Waals surface area (Å²) in [4.78, 5) is 17.5. The fourth-order valence-corrected chi connectivity index (χ4v) is 3.39. The molecule has 0 spiro atoms. The van der Waals surface area contributed by atoms with Gasteiger partial charge >= 0.3 is 5.97 Å². The van der Waals surface area contributed by atoms with E-state index in [9.17, 15) is 9.18 Å². The Kier molecular flexibility index (Phi) is 6.02. The molecule has 8 heteroatoms. The topological polar surface area (TPSA) is 65.4 Å². The Morgan fingerprint density at radius 3 is 2.66 bits per heavy atom. The van der Waals surface area contributed by atoms with E-state index in [1.165, 1.54) is 6.07 Å². The van der Waals surface area contributed by atoms with Crippen molar-refractivity contribution in [2.45, 2.75) is 33.3 Å². The number of nitrogens with one attached hydrogen (secondary N) is 1. The average Bonchev–Trinajstić information content (AvgIpc) is 2.88. The van der Waals surface area contributed by atoms with E-state index in [-0.39, 0.29) is 11.3 Å². The Morgan fingerprint density at radius 2 is 2.03 bits per heavy atom. The Morgan fingerprint density at radius 1 is 1.31 bits per heavy atom. The van der Waals surface area contributed by atoms with Gasteiger partial charge in [-0.2, -0.15) is 0 Å².